The molecule has 0 bridgehead atoms. The number of para-hydroxylation sites is 1. The number of halogens is 1. The van der Waals surface area contributed by atoms with Gasteiger partial charge < -0.3 is 15.5 Å². The van der Waals surface area contributed by atoms with E-state index in [1.807, 2.05) is 30.3 Å². The Morgan fingerprint density at radius 2 is 1.71 bits per heavy atom. The van der Waals surface area contributed by atoms with Gasteiger partial charge in [0.2, 0.25) is 0 Å². The van der Waals surface area contributed by atoms with Crippen LogP contribution < -0.4 is 10.5 Å². The number of benzene rings is 4. The van der Waals surface area contributed by atoms with Gasteiger partial charge in [0.1, 0.15) is 5.75 Å². The number of aromatic amines is 1. The van der Waals surface area contributed by atoms with Crippen molar-refractivity contribution in [1.82, 2.24) is 4.98 Å². The number of rotatable bonds is 2. The van der Waals surface area contributed by atoms with Gasteiger partial charge in [-0.1, -0.05) is 42.5 Å². The molecule has 136 valence electrons. The van der Waals surface area contributed by atoms with E-state index in [-0.39, 0.29) is 11.3 Å². The molecule has 0 saturated heterocycles. The number of nitrogens with two attached hydrogens (primary N) is 1. The lowest BCUT2D eigenvalue weighted by Gasteiger charge is -2.08. The summed E-state index contributed by atoms with van der Waals surface area (Å²) in [6.45, 7) is 0. The Bertz CT molecular complexity index is 1390. The maximum Gasteiger partial charge on any atom is 0.346 e. The molecular weight excluding hydrogens is 355 g/mol. The molecule has 4 aromatic carbocycles. The van der Waals surface area contributed by atoms with Crippen molar-refractivity contribution in [3.8, 4) is 5.75 Å². The molecule has 1 heterocycles. The van der Waals surface area contributed by atoms with E-state index < -0.39 is 11.8 Å². The van der Waals surface area contributed by atoms with Crippen LogP contribution in [0.3, 0.4) is 0 Å². The normalized spacial score (nSPS) is 11.3. The fourth-order valence-corrected chi connectivity index (χ4v) is 3.55. The Balaban J connectivity index is 1.61. The van der Waals surface area contributed by atoms with E-state index in [1.165, 1.54) is 18.2 Å². The second-order valence-electron chi connectivity index (χ2n) is 6.64. The van der Waals surface area contributed by atoms with Gasteiger partial charge in [-0.05, 0) is 35.7 Å². The molecule has 0 aliphatic rings. The van der Waals surface area contributed by atoms with Crippen LogP contribution in [0.1, 0.15) is 10.4 Å². The van der Waals surface area contributed by atoms with Gasteiger partial charge in [0.25, 0.3) is 0 Å². The summed E-state index contributed by atoms with van der Waals surface area (Å²) in [5.41, 5.74) is 7.26. The van der Waals surface area contributed by atoms with E-state index in [9.17, 15) is 9.18 Å². The maximum atomic E-state index is 14.1. The molecule has 0 aliphatic heterocycles. The summed E-state index contributed by atoms with van der Waals surface area (Å²) in [6.07, 6.45) is 0. The van der Waals surface area contributed by atoms with Crippen LogP contribution >= 0.6 is 0 Å². The molecule has 0 saturated carbocycles. The molecule has 0 spiro atoms. The fourth-order valence-electron chi connectivity index (χ4n) is 3.55. The zero-order valence-corrected chi connectivity index (χ0v) is 14.7. The van der Waals surface area contributed by atoms with Crippen LogP contribution in [0.5, 0.6) is 5.75 Å². The summed E-state index contributed by atoms with van der Waals surface area (Å²) in [5.74, 6) is -1.22. The molecule has 4 nitrogen and oxygen atoms in total. The van der Waals surface area contributed by atoms with Crippen molar-refractivity contribution in [2.45, 2.75) is 0 Å². The second kappa shape index (κ2) is 6.09. The number of nitrogens with one attached hydrogen (secondary N) is 1. The van der Waals surface area contributed by atoms with E-state index in [2.05, 4.69) is 17.1 Å². The summed E-state index contributed by atoms with van der Waals surface area (Å²) in [4.78, 5) is 15.8. The van der Waals surface area contributed by atoms with Crippen LogP contribution in [0.15, 0.2) is 72.8 Å². The standard InChI is InChI=1S/C23H15FN2O2/c24-21-17(5-3-6-19(21)25)23(27)28-14-10-8-13-9-11-16-15-4-1-2-7-20(15)26-22(16)18(13)12-14/h1-12,26H,25H2. The number of carbonyl (C=O) groups excluding carboxylic acids is 1. The Kier molecular flexibility index (Phi) is 3.55. The molecule has 28 heavy (non-hydrogen) atoms. The summed E-state index contributed by atoms with van der Waals surface area (Å²) in [5, 5.41) is 4.15. The summed E-state index contributed by atoms with van der Waals surface area (Å²) in [6, 6.07) is 21.8. The van der Waals surface area contributed by atoms with Crippen LogP contribution in [0.2, 0.25) is 0 Å². The first-order valence-corrected chi connectivity index (χ1v) is 8.81. The van der Waals surface area contributed by atoms with Gasteiger partial charge in [-0.15, -0.1) is 0 Å². The quantitative estimate of drug-likeness (QED) is 0.248. The molecule has 0 fully saturated rings. The topological polar surface area (TPSA) is 68.1 Å². The van der Waals surface area contributed by atoms with Crippen molar-refractivity contribution in [2.24, 2.45) is 0 Å². The Hall–Kier alpha value is -3.86. The first kappa shape index (κ1) is 16.3. The van der Waals surface area contributed by atoms with Crippen LogP contribution in [-0.4, -0.2) is 11.0 Å². The van der Waals surface area contributed by atoms with Crippen LogP contribution in [0.25, 0.3) is 32.6 Å². The highest BCUT2D eigenvalue weighted by Crippen LogP contribution is 2.33. The van der Waals surface area contributed by atoms with E-state index in [1.54, 1.807) is 12.1 Å². The smallest absolute Gasteiger partial charge is 0.346 e. The largest absolute Gasteiger partial charge is 0.423 e. The fraction of sp³-hybridized carbons (Fsp3) is 0. The number of esters is 1. The number of hydrogen-bond donors (Lipinski definition) is 2. The molecule has 5 aromatic rings. The molecule has 1 aromatic heterocycles. The number of ether oxygens (including phenoxy) is 1. The lowest BCUT2D eigenvalue weighted by molar-refractivity contribution is 0.0730. The molecule has 0 amide bonds. The number of nitrogen functional groups attached to an aromatic ring is 1. The van der Waals surface area contributed by atoms with Crippen molar-refractivity contribution < 1.29 is 13.9 Å². The van der Waals surface area contributed by atoms with Crippen molar-refractivity contribution >= 4 is 44.2 Å². The highest BCUT2D eigenvalue weighted by Gasteiger charge is 2.16. The molecule has 0 aliphatic carbocycles. The molecule has 0 atom stereocenters. The lowest BCUT2D eigenvalue weighted by atomic mass is 10.1. The molecule has 5 rings (SSSR count). The van der Waals surface area contributed by atoms with Crippen LogP contribution in [0.4, 0.5) is 10.1 Å². The summed E-state index contributed by atoms with van der Waals surface area (Å²) >= 11 is 0. The third kappa shape index (κ3) is 2.48. The molecule has 0 radical (unpaired) electrons. The van der Waals surface area contributed by atoms with Gasteiger partial charge in [-0.3, -0.25) is 0 Å². The predicted molar refractivity (Wildman–Crippen MR) is 109 cm³/mol. The predicted octanol–water partition coefficient (Wildman–Crippen LogP) is 5.41. The second-order valence-corrected chi connectivity index (χ2v) is 6.64. The van der Waals surface area contributed by atoms with Crippen LogP contribution in [-0.2, 0) is 0 Å². The van der Waals surface area contributed by atoms with E-state index in [0.29, 0.717) is 5.75 Å². The summed E-state index contributed by atoms with van der Waals surface area (Å²) < 4.78 is 19.5. The average Bonchev–Trinajstić information content (AvgIpc) is 3.09. The molecule has 5 heteroatoms. The number of H-pyrrole nitrogens is 1. The number of hydrogen-bond acceptors (Lipinski definition) is 3. The van der Waals surface area contributed by atoms with Gasteiger partial charge in [-0.2, -0.15) is 0 Å². The van der Waals surface area contributed by atoms with E-state index in [0.717, 1.165) is 32.6 Å². The minimum atomic E-state index is -0.784. The molecule has 0 unspecified atom stereocenters. The monoisotopic (exact) mass is 370 g/mol. The van der Waals surface area contributed by atoms with Crippen molar-refractivity contribution in [3.63, 3.8) is 0 Å². The number of fused-ring (bicyclic) bond motifs is 5. The molecular formula is C23H15FN2O2. The number of aromatic nitrogens is 1. The number of anilines is 1. The minimum absolute atomic E-state index is 0.0901. The first-order chi connectivity index (χ1) is 13.6. The van der Waals surface area contributed by atoms with Crippen molar-refractivity contribution in [3.05, 3.63) is 84.2 Å². The Morgan fingerprint density at radius 1 is 0.893 bits per heavy atom. The zero-order chi connectivity index (χ0) is 19.3. The first-order valence-electron chi connectivity index (χ1n) is 8.81. The van der Waals surface area contributed by atoms with E-state index >= 15 is 0 Å². The van der Waals surface area contributed by atoms with Gasteiger partial charge in [-0.25, -0.2) is 9.18 Å². The van der Waals surface area contributed by atoms with E-state index in [4.69, 9.17) is 10.5 Å². The van der Waals surface area contributed by atoms with Gasteiger partial charge >= 0.3 is 5.97 Å². The summed E-state index contributed by atoms with van der Waals surface area (Å²) in [7, 11) is 0. The minimum Gasteiger partial charge on any atom is -0.423 e. The Morgan fingerprint density at radius 3 is 2.61 bits per heavy atom. The third-order valence-corrected chi connectivity index (χ3v) is 4.93. The van der Waals surface area contributed by atoms with Crippen LogP contribution in [0, 0.1) is 5.82 Å². The Labute approximate surface area is 159 Å². The zero-order valence-electron chi connectivity index (χ0n) is 14.7. The highest BCUT2D eigenvalue weighted by atomic mass is 19.1. The van der Waals surface area contributed by atoms with Gasteiger partial charge in [0, 0.05) is 21.7 Å². The molecule has 3 N–H and O–H groups in total. The third-order valence-electron chi connectivity index (χ3n) is 4.93. The highest BCUT2D eigenvalue weighted by molar-refractivity contribution is 6.17. The lowest BCUT2D eigenvalue weighted by Crippen LogP contribution is -2.11. The van der Waals surface area contributed by atoms with Gasteiger partial charge in [0.05, 0.1) is 16.8 Å². The number of carbonyl (C=O) groups is 1. The maximum absolute atomic E-state index is 14.1. The van der Waals surface area contributed by atoms with Crippen molar-refractivity contribution in [2.75, 3.05) is 5.73 Å². The van der Waals surface area contributed by atoms with Crippen molar-refractivity contribution in [1.29, 1.82) is 0 Å². The van der Waals surface area contributed by atoms with Gasteiger partial charge in [0.15, 0.2) is 5.82 Å². The SMILES string of the molecule is Nc1cccc(C(=O)Oc2ccc3ccc4c5ccccc5[nH]c4c3c2)c1F. The average molecular weight is 370 g/mol.